The molecule has 0 bridgehead atoms. The van der Waals surface area contributed by atoms with Crippen molar-refractivity contribution in [1.82, 2.24) is 4.98 Å². The van der Waals surface area contributed by atoms with Crippen molar-refractivity contribution in [2.75, 3.05) is 17.2 Å². The normalized spacial score (nSPS) is 10.6. The van der Waals surface area contributed by atoms with Gasteiger partial charge in [0.2, 0.25) is 0 Å². The molecular formula is C13H16N2S2. The molecule has 0 fully saturated rings. The van der Waals surface area contributed by atoms with Crippen LogP contribution in [0.2, 0.25) is 0 Å². The number of hydrogen-bond donors (Lipinski definition) is 1. The summed E-state index contributed by atoms with van der Waals surface area (Å²) >= 11 is 3.51. The van der Waals surface area contributed by atoms with Crippen LogP contribution in [0.4, 0.5) is 5.00 Å². The highest BCUT2D eigenvalue weighted by molar-refractivity contribution is 7.99. The Hall–Kier alpha value is -1.00. The van der Waals surface area contributed by atoms with Gasteiger partial charge < -0.3 is 5.73 Å². The van der Waals surface area contributed by atoms with E-state index in [9.17, 15) is 0 Å². The highest BCUT2D eigenvalue weighted by Gasteiger charge is 2.09. The Bertz CT molecular complexity index is 466. The lowest BCUT2D eigenvalue weighted by molar-refractivity contribution is 1.08. The number of aromatic nitrogens is 1. The summed E-state index contributed by atoms with van der Waals surface area (Å²) in [7, 11) is 0. The predicted octanol–water partition coefficient (Wildman–Crippen LogP) is 3.69. The fourth-order valence-electron chi connectivity index (χ4n) is 1.56. The van der Waals surface area contributed by atoms with E-state index in [-0.39, 0.29) is 0 Å². The third-order valence-electron chi connectivity index (χ3n) is 2.44. The summed E-state index contributed by atoms with van der Waals surface area (Å²) in [5.74, 6) is 2.24. The summed E-state index contributed by atoms with van der Waals surface area (Å²) in [5, 5.41) is 1.89. The monoisotopic (exact) mass is 264 g/mol. The average molecular weight is 264 g/mol. The molecule has 0 aliphatic rings. The predicted molar refractivity (Wildman–Crippen MR) is 78.7 cm³/mol. The number of benzene rings is 1. The number of rotatable bonds is 5. The molecule has 1 aromatic heterocycles. The van der Waals surface area contributed by atoms with Gasteiger partial charge in [-0.15, -0.1) is 0 Å². The van der Waals surface area contributed by atoms with Crippen LogP contribution >= 0.6 is 23.1 Å². The van der Waals surface area contributed by atoms with Crippen LogP contribution < -0.4 is 5.73 Å². The summed E-state index contributed by atoms with van der Waals surface area (Å²) in [4.78, 5) is 4.63. The Morgan fingerprint density at radius 1 is 1.29 bits per heavy atom. The van der Waals surface area contributed by atoms with Crippen molar-refractivity contribution in [3.05, 3.63) is 36.0 Å². The number of nitrogens with zero attached hydrogens (tertiary/aromatic N) is 1. The Labute approximate surface area is 110 Å². The molecule has 2 N–H and O–H groups in total. The van der Waals surface area contributed by atoms with Crippen molar-refractivity contribution < 1.29 is 0 Å². The molecule has 0 radical (unpaired) electrons. The summed E-state index contributed by atoms with van der Waals surface area (Å²) in [6, 6.07) is 10.2. The molecule has 1 heterocycles. The first-order valence-electron chi connectivity index (χ1n) is 5.69. The maximum Gasteiger partial charge on any atom is 0.125 e. The van der Waals surface area contributed by atoms with Crippen molar-refractivity contribution in [3.63, 3.8) is 0 Å². The number of anilines is 1. The van der Waals surface area contributed by atoms with Gasteiger partial charge in [0.1, 0.15) is 10.0 Å². The van der Waals surface area contributed by atoms with E-state index in [1.165, 1.54) is 0 Å². The van der Waals surface area contributed by atoms with E-state index in [4.69, 9.17) is 5.73 Å². The zero-order valence-corrected chi connectivity index (χ0v) is 11.5. The lowest BCUT2D eigenvalue weighted by Crippen LogP contribution is -1.94. The highest BCUT2D eigenvalue weighted by atomic mass is 32.2. The fourth-order valence-corrected chi connectivity index (χ4v) is 3.07. The van der Waals surface area contributed by atoms with Gasteiger partial charge in [-0.1, -0.05) is 48.6 Å². The smallest absolute Gasteiger partial charge is 0.125 e. The van der Waals surface area contributed by atoms with Gasteiger partial charge in [0.25, 0.3) is 0 Å². The van der Waals surface area contributed by atoms with Crippen LogP contribution in [0.25, 0.3) is 10.6 Å². The van der Waals surface area contributed by atoms with Gasteiger partial charge in [-0.05, 0) is 11.5 Å². The van der Waals surface area contributed by atoms with Crippen molar-refractivity contribution in [2.45, 2.75) is 13.3 Å². The van der Waals surface area contributed by atoms with Gasteiger partial charge in [-0.3, -0.25) is 0 Å². The standard InChI is InChI=1S/C13H16N2S2/c1-2-16-9-8-11-12(14)17-13(15-11)10-6-4-3-5-7-10/h3-7H,2,8-9,14H2,1H3. The van der Waals surface area contributed by atoms with Crippen LogP contribution in [0.1, 0.15) is 12.6 Å². The van der Waals surface area contributed by atoms with Gasteiger partial charge >= 0.3 is 0 Å². The van der Waals surface area contributed by atoms with Gasteiger partial charge in [-0.25, -0.2) is 4.98 Å². The van der Waals surface area contributed by atoms with Crippen LogP contribution in [0.15, 0.2) is 30.3 Å². The Kier molecular flexibility index (Phi) is 4.45. The third-order valence-corrected chi connectivity index (χ3v) is 4.31. The first kappa shape index (κ1) is 12.5. The van der Waals surface area contributed by atoms with Crippen LogP contribution in [0, 0.1) is 0 Å². The van der Waals surface area contributed by atoms with Crippen molar-refractivity contribution >= 4 is 28.1 Å². The third kappa shape index (κ3) is 3.23. The molecule has 17 heavy (non-hydrogen) atoms. The minimum absolute atomic E-state index is 0.862. The van der Waals surface area contributed by atoms with Crippen LogP contribution in [0.5, 0.6) is 0 Å². The second kappa shape index (κ2) is 6.07. The lowest BCUT2D eigenvalue weighted by Gasteiger charge is -1.96. The van der Waals surface area contributed by atoms with Gasteiger partial charge in [-0.2, -0.15) is 11.8 Å². The molecule has 2 rings (SSSR count). The summed E-state index contributed by atoms with van der Waals surface area (Å²) in [6.07, 6.45) is 0.966. The zero-order chi connectivity index (χ0) is 12.1. The topological polar surface area (TPSA) is 38.9 Å². The zero-order valence-electron chi connectivity index (χ0n) is 9.85. The molecule has 90 valence electrons. The molecule has 0 aliphatic carbocycles. The molecule has 4 heteroatoms. The number of thiazole rings is 1. The first-order chi connectivity index (χ1) is 8.31. The Morgan fingerprint density at radius 2 is 2.06 bits per heavy atom. The minimum Gasteiger partial charge on any atom is -0.389 e. The highest BCUT2D eigenvalue weighted by Crippen LogP contribution is 2.30. The molecule has 1 aromatic carbocycles. The first-order valence-corrected chi connectivity index (χ1v) is 7.66. The molecule has 0 atom stereocenters. The molecule has 2 nitrogen and oxygen atoms in total. The second-order valence-electron chi connectivity index (χ2n) is 3.64. The average Bonchev–Trinajstić information content (AvgIpc) is 2.73. The number of nitrogen functional groups attached to an aromatic ring is 1. The lowest BCUT2D eigenvalue weighted by atomic mass is 10.2. The Balaban J connectivity index is 2.13. The van der Waals surface area contributed by atoms with E-state index < -0.39 is 0 Å². The van der Waals surface area contributed by atoms with Crippen LogP contribution in [-0.2, 0) is 6.42 Å². The van der Waals surface area contributed by atoms with E-state index in [1.54, 1.807) is 11.3 Å². The molecule has 0 spiro atoms. The number of nitrogens with two attached hydrogens (primary N) is 1. The van der Waals surface area contributed by atoms with Crippen LogP contribution in [0.3, 0.4) is 0 Å². The molecular weight excluding hydrogens is 248 g/mol. The van der Waals surface area contributed by atoms with E-state index in [2.05, 4.69) is 24.0 Å². The SMILES string of the molecule is CCSCCc1nc(-c2ccccc2)sc1N. The fraction of sp³-hybridized carbons (Fsp3) is 0.308. The summed E-state index contributed by atoms with van der Waals surface area (Å²) < 4.78 is 0. The number of aryl methyl sites for hydroxylation is 1. The molecule has 0 saturated carbocycles. The molecule has 0 amide bonds. The minimum atomic E-state index is 0.862. The van der Waals surface area contributed by atoms with Crippen molar-refractivity contribution in [3.8, 4) is 10.6 Å². The maximum atomic E-state index is 6.01. The van der Waals surface area contributed by atoms with Crippen LogP contribution in [-0.4, -0.2) is 16.5 Å². The van der Waals surface area contributed by atoms with Gasteiger partial charge in [0.15, 0.2) is 0 Å². The largest absolute Gasteiger partial charge is 0.389 e. The molecule has 2 aromatic rings. The molecule has 0 aliphatic heterocycles. The van der Waals surface area contributed by atoms with E-state index in [0.29, 0.717) is 0 Å². The van der Waals surface area contributed by atoms with Crippen molar-refractivity contribution in [1.29, 1.82) is 0 Å². The van der Waals surface area contributed by atoms with E-state index in [0.717, 1.165) is 39.2 Å². The Morgan fingerprint density at radius 3 is 2.76 bits per heavy atom. The van der Waals surface area contributed by atoms with Crippen molar-refractivity contribution in [2.24, 2.45) is 0 Å². The summed E-state index contributed by atoms with van der Waals surface area (Å²) in [5.41, 5.74) is 8.21. The number of thioether (sulfide) groups is 1. The summed E-state index contributed by atoms with van der Waals surface area (Å²) in [6.45, 7) is 2.17. The quantitative estimate of drug-likeness (QED) is 0.837. The van der Waals surface area contributed by atoms with E-state index >= 15 is 0 Å². The second-order valence-corrected chi connectivity index (χ2v) is 6.07. The molecule has 0 unspecified atom stereocenters. The van der Waals surface area contributed by atoms with Gasteiger partial charge in [0, 0.05) is 12.0 Å². The maximum absolute atomic E-state index is 6.01. The molecule has 0 saturated heterocycles. The number of hydrogen-bond acceptors (Lipinski definition) is 4. The van der Waals surface area contributed by atoms with Gasteiger partial charge in [0.05, 0.1) is 5.69 Å². The van der Waals surface area contributed by atoms with E-state index in [1.807, 2.05) is 30.0 Å².